The third kappa shape index (κ3) is 2.87. The molecule has 0 bridgehead atoms. The average Bonchev–Trinajstić information content (AvgIpc) is 2.55. The Labute approximate surface area is 130 Å². The molecule has 0 amide bonds. The van der Waals surface area contributed by atoms with Crippen LogP contribution in [0, 0.1) is 0 Å². The molecule has 0 aliphatic rings. The molecule has 22 heavy (non-hydrogen) atoms. The van der Waals surface area contributed by atoms with Crippen LogP contribution in [0.2, 0.25) is 5.02 Å². The normalized spacial score (nSPS) is 10.6. The standard InChI is InChI=1S/C17H11ClO4/c18-12-7-5-11(6-8-12)9-22-17(20)14-10-21-15-4-2-1-3-13(15)16(14)19/h1-8,10H,9H2. The first-order valence-electron chi connectivity index (χ1n) is 6.57. The minimum absolute atomic E-state index is 0.0578. The van der Waals surface area contributed by atoms with E-state index in [9.17, 15) is 9.59 Å². The first-order chi connectivity index (χ1) is 10.6. The molecule has 0 aliphatic heterocycles. The van der Waals surface area contributed by atoms with Gasteiger partial charge in [0.15, 0.2) is 0 Å². The van der Waals surface area contributed by atoms with Gasteiger partial charge in [0.25, 0.3) is 0 Å². The van der Waals surface area contributed by atoms with Gasteiger partial charge in [0.2, 0.25) is 5.43 Å². The molecule has 0 fully saturated rings. The van der Waals surface area contributed by atoms with Crippen LogP contribution in [0.15, 0.2) is 64.0 Å². The SMILES string of the molecule is O=C(OCc1ccc(Cl)cc1)c1coc2ccccc2c1=O. The summed E-state index contributed by atoms with van der Waals surface area (Å²) in [6.07, 6.45) is 1.13. The van der Waals surface area contributed by atoms with Crippen LogP contribution in [-0.4, -0.2) is 5.97 Å². The van der Waals surface area contributed by atoms with Crippen molar-refractivity contribution in [1.29, 1.82) is 0 Å². The summed E-state index contributed by atoms with van der Waals surface area (Å²) in [4.78, 5) is 24.3. The Bertz CT molecular complexity index is 881. The van der Waals surface area contributed by atoms with Crippen molar-refractivity contribution in [1.82, 2.24) is 0 Å². The van der Waals surface area contributed by atoms with E-state index in [0.29, 0.717) is 16.0 Å². The highest BCUT2D eigenvalue weighted by Crippen LogP contribution is 2.13. The maximum absolute atomic E-state index is 12.2. The van der Waals surface area contributed by atoms with Gasteiger partial charge in [0, 0.05) is 5.02 Å². The highest BCUT2D eigenvalue weighted by molar-refractivity contribution is 6.30. The van der Waals surface area contributed by atoms with E-state index in [-0.39, 0.29) is 12.2 Å². The summed E-state index contributed by atoms with van der Waals surface area (Å²) in [6, 6.07) is 13.6. The molecule has 0 spiro atoms. The van der Waals surface area contributed by atoms with Crippen molar-refractivity contribution in [2.24, 2.45) is 0 Å². The molecule has 1 aromatic heterocycles. The van der Waals surface area contributed by atoms with Crippen LogP contribution in [0.25, 0.3) is 11.0 Å². The molecule has 4 nitrogen and oxygen atoms in total. The molecular formula is C17H11ClO4. The third-order valence-corrected chi connectivity index (χ3v) is 3.44. The van der Waals surface area contributed by atoms with Gasteiger partial charge in [-0.15, -0.1) is 0 Å². The summed E-state index contributed by atoms with van der Waals surface area (Å²) in [5.41, 5.74) is 0.695. The van der Waals surface area contributed by atoms with Gasteiger partial charge < -0.3 is 9.15 Å². The molecule has 3 rings (SSSR count). The fourth-order valence-corrected chi connectivity index (χ4v) is 2.15. The van der Waals surface area contributed by atoms with Gasteiger partial charge in [0.1, 0.15) is 24.0 Å². The van der Waals surface area contributed by atoms with Crippen molar-refractivity contribution in [3.63, 3.8) is 0 Å². The van der Waals surface area contributed by atoms with Crippen molar-refractivity contribution in [2.45, 2.75) is 6.61 Å². The van der Waals surface area contributed by atoms with Crippen molar-refractivity contribution < 1.29 is 13.9 Å². The summed E-state index contributed by atoms with van der Waals surface area (Å²) in [5, 5.41) is 0.952. The summed E-state index contributed by atoms with van der Waals surface area (Å²) < 4.78 is 10.4. The highest BCUT2D eigenvalue weighted by Gasteiger charge is 2.15. The van der Waals surface area contributed by atoms with E-state index in [2.05, 4.69) is 0 Å². The Balaban J connectivity index is 1.82. The molecule has 5 heteroatoms. The highest BCUT2D eigenvalue weighted by atomic mass is 35.5. The predicted octanol–water partition coefficient (Wildman–Crippen LogP) is 3.80. The van der Waals surface area contributed by atoms with Crippen LogP contribution in [-0.2, 0) is 11.3 Å². The number of ether oxygens (including phenoxy) is 1. The molecule has 0 atom stereocenters. The molecule has 0 saturated heterocycles. The van der Waals surface area contributed by atoms with E-state index in [1.807, 2.05) is 0 Å². The first kappa shape index (κ1) is 14.4. The summed E-state index contributed by atoms with van der Waals surface area (Å²) in [7, 11) is 0. The molecule has 0 radical (unpaired) electrons. The second kappa shape index (κ2) is 6.03. The first-order valence-corrected chi connectivity index (χ1v) is 6.95. The number of rotatable bonds is 3. The van der Waals surface area contributed by atoms with Gasteiger partial charge >= 0.3 is 5.97 Å². The van der Waals surface area contributed by atoms with Crippen molar-refractivity contribution in [2.75, 3.05) is 0 Å². The van der Waals surface area contributed by atoms with Crippen LogP contribution in [0.1, 0.15) is 15.9 Å². The topological polar surface area (TPSA) is 56.5 Å². The zero-order valence-electron chi connectivity index (χ0n) is 11.4. The summed E-state index contributed by atoms with van der Waals surface area (Å²) >= 11 is 5.79. The number of carbonyl (C=O) groups excluding carboxylic acids is 1. The number of para-hydroxylation sites is 1. The Morgan fingerprint density at radius 2 is 1.82 bits per heavy atom. The minimum atomic E-state index is -0.713. The lowest BCUT2D eigenvalue weighted by Crippen LogP contribution is -2.17. The number of benzene rings is 2. The van der Waals surface area contributed by atoms with Crippen molar-refractivity contribution in [3.05, 3.63) is 81.2 Å². The van der Waals surface area contributed by atoms with Crippen molar-refractivity contribution in [3.8, 4) is 0 Å². The summed E-state index contributed by atoms with van der Waals surface area (Å²) in [6.45, 7) is 0.0578. The zero-order valence-corrected chi connectivity index (χ0v) is 12.2. The molecule has 2 aromatic carbocycles. The van der Waals surface area contributed by atoms with E-state index < -0.39 is 11.4 Å². The predicted molar refractivity (Wildman–Crippen MR) is 83.1 cm³/mol. The molecule has 0 unspecified atom stereocenters. The van der Waals surface area contributed by atoms with Crippen LogP contribution in [0.3, 0.4) is 0 Å². The quantitative estimate of drug-likeness (QED) is 0.690. The van der Waals surface area contributed by atoms with Crippen LogP contribution in [0.5, 0.6) is 0 Å². The van der Waals surface area contributed by atoms with Gasteiger partial charge in [0.05, 0.1) is 5.39 Å². The molecular weight excluding hydrogens is 304 g/mol. The fourth-order valence-electron chi connectivity index (χ4n) is 2.03. The van der Waals surface area contributed by atoms with E-state index >= 15 is 0 Å². The lowest BCUT2D eigenvalue weighted by Gasteiger charge is -2.05. The Kier molecular flexibility index (Phi) is 3.94. The smallest absolute Gasteiger partial charge is 0.345 e. The Morgan fingerprint density at radius 1 is 1.09 bits per heavy atom. The number of fused-ring (bicyclic) bond motifs is 1. The molecule has 0 aliphatic carbocycles. The van der Waals surface area contributed by atoms with E-state index in [0.717, 1.165) is 11.8 Å². The fraction of sp³-hybridized carbons (Fsp3) is 0.0588. The van der Waals surface area contributed by atoms with Crippen LogP contribution < -0.4 is 5.43 Å². The minimum Gasteiger partial charge on any atom is -0.463 e. The van der Waals surface area contributed by atoms with Gasteiger partial charge in [-0.05, 0) is 29.8 Å². The molecule has 3 aromatic rings. The second-order valence-corrected chi connectivity index (χ2v) is 5.11. The maximum atomic E-state index is 12.2. The Morgan fingerprint density at radius 3 is 2.59 bits per heavy atom. The number of esters is 1. The second-order valence-electron chi connectivity index (χ2n) is 4.68. The van der Waals surface area contributed by atoms with E-state index in [4.69, 9.17) is 20.8 Å². The van der Waals surface area contributed by atoms with E-state index in [1.165, 1.54) is 0 Å². The zero-order chi connectivity index (χ0) is 15.5. The lowest BCUT2D eigenvalue weighted by atomic mass is 10.2. The number of carbonyl (C=O) groups is 1. The average molecular weight is 315 g/mol. The summed E-state index contributed by atoms with van der Waals surface area (Å²) in [5.74, 6) is -0.713. The number of hydrogen-bond donors (Lipinski definition) is 0. The van der Waals surface area contributed by atoms with Crippen molar-refractivity contribution >= 4 is 28.5 Å². The molecule has 1 heterocycles. The van der Waals surface area contributed by atoms with Gasteiger partial charge in [-0.1, -0.05) is 35.9 Å². The number of hydrogen-bond acceptors (Lipinski definition) is 4. The molecule has 0 N–H and O–H groups in total. The lowest BCUT2D eigenvalue weighted by molar-refractivity contribution is 0.0469. The van der Waals surface area contributed by atoms with Gasteiger partial charge in [-0.3, -0.25) is 4.79 Å². The third-order valence-electron chi connectivity index (χ3n) is 3.18. The van der Waals surface area contributed by atoms with Gasteiger partial charge in [-0.25, -0.2) is 4.79 Å². The van der Waals surface area contributed by atoms with E-state index in [1.54, 1.807) is 48.5 Å². The van der Waals surface area contributed by atoms with Gasteiger partial charge in [-0.2, -0.15) is 0 Å². The maximum Gasteiger partial charge on any atom is 0.345 e. The molecule has 110 valence electrons. The largest absolute Gasteiger partial charge is 0.463 e. The van der Waals surface area contributed by atoms with Crippen LogP contribution in [0.4, 0.5) is 0 Å². The molecule has 0 saturated carbocycles. The number of halogens is 1. The monoisotopic (exact) mass is 314 g/mol. The van der Waals surface area contributed by atoms with Crippen LogP contribution >= 0.6 is 11.6 Å². The Hall–Kier alpha value is -2.59.